The number of benzene rings is 2. The van der Waals surface area contributed by atoms with E-state index in [9.17, 15) is 14.0 Å². The van der Waals surface area contributed by atoms with Crippen LogP contribution in [0.2, 0.25) is 0 Å². The minimum Gasteiger partial charge on any atom is -0.488 e. The van der Waals surface area contributed by atoms with Gasteiger partial charge in [-0.2, -0.15) is 0 Å². The van der Waals surface area contributed by atoms with Crippen molar-refractivity contribution in [3.63, 3.8) is 0 Å². The number of nitrogens with one attached hydrogen (secondary N) is 2. The lowest BCUT2D eigenvalue weighted by Gasteiger charge is -2.12. The highest BCUT2D eigenvalue weighted by atomic mass is 19.1. The monoisotopic (exact) mass is 397 g/mol. The summed E-state index contributed by atoms with van der Waals surface area (Å²) >= 11 is 0. The summed E-state index contributed by atoms with van der Waals surface area (Å²) in [5, 5.41) is 8.95. The van der Waals surface area contributed by atoms with Crippen LogP contribution in [0.25, 0.3) is 0 Å². The quantitative estimate of drug-likeness (QED) is 0.650. The number of carbonyl (C=O) groups is 2. The Labute approximate surface area is 166 Å². The van der Waals surface area contributed by atoms with Crippen LogP contribution in [0.5, 0.6) is 5.75 Å². The average Bonchev–Trinajstić information content (AvgIpc) is 3.00. The minimum absolute atomic E-state index is 0.0155. The summed E-state index contributed by atoms with van der Waals surface area (Å²) < 4.78 is 24.7. The summed E-state index contributed by atoms with van der Waals surface area (Å²) in [6, 6.07) is 10.7. The van der Waals surface area contributed by atoms with Gasteiger partial charge in [0.2, 0.25) is 5.91 Å². The topological polar surface area (TPSA) is 93.5 Å². The van der Waals surface area contributed by atoms with Crippen molar-refractivity contribution in [2.45, 2.75) is 27.4 Å². The van der Waals surface area contributed by atoms with E-state index in [0.717, 1.165) is 11.3 Å². The first-order valence-electron chi connectivity index (χ1n) is 8.87. The lowest BCUT2D eigenvalue weighted by molar-refractivity contribution is -0.114. The van der Waals surface area contributed by atoms with Crippen molar-refractivity contribution in [2.75, 3.05) is 10.6 Å². The number of aromatic nitrogens is 1. The summed E-state index contributed by atoms with van der Waals surface area (Å²) in [5.74, 6) is -0.401. The van der Waals surface area contributed by atoms with Crippen LogP contribution in [0.4, 0.5) is 15.8 Å². The molecule has 0 radical (unpaired) electrons. The molecule has 1 aromatic heterocycles. The number of nitrogens with zero attached hydrogens (tertiary/aromatic N) is 1. The van der Waals surface area contributed by atoms with Gasteiger partial charge in [-0.15, -0.1) is 0 Å². The van der Waals surface area contributed by atoms with Crippen molar-refractivity contribution in [1.82, 2.24) is 5.16 Å². The number of anilines is 2. The van der Waals surface area contributed by atoms with Crippen LogP contribution in [0.1, 0.15) is 34.3 Å². The Morgan fingerprint density at radius 1 is 1.14 bits per heavy atom. The zero-order valence-corrected chi connectivity index (χ0v) is 16.2. The molecule has 3 aromatic rings. The average molecular weight is 397 g/mol. The van der Waals surface area contributed by atoms with E-state index in [1.807, 2.05) is 6.92 Å². The standard InChI is InChI=1S/C21H20FN3O4/c1-12-17(13(2)29-25-12)11-28-20-7-5-4-6-16(20)21(27)24-15-8-9-18(22)19(10-15)23-14(3)26/h4-10H,11H2,1-3H3,(H,23,26)(H,24,27). The van der Waals surface area contributed by atoms with Gasteiger partial charge in [0, 0.05) is 12.6 Å². The first kappa shape index (κ1) is 20.1. The highest BCUT2D eigenvalue weighted by molar-refractivity contribution is 6.06. The Morgan fingerprint density at radius 3 is 2.59 bits per heavy atom. The molecule has 2 amide bonds. The Morgan fingerprint density at radius 2 is 1.90 bits per heavy atom. The third-order valence-electron chi connectivity index (χ3n) is 4.22. The third-order valence-corrected chi connectivity index (χ3v) is 4.22. The van der Waals surface area contributed by atoms with Crippen LogP contribution < -0.4 is 15.4 Å². The molecule has 2 N–H and O–H groups in total. The number of amides is 2. The van der Waals surface area contributed by atoms with Crippen LogP contribution >= 0.6 is 0 Å². The Hall–Kier alpha value is -3.68. The van der Waals surface area contributed by atoms with Crippen LogP contribution in [0.15, 0.2) is 47.0 Å². The minimum atomic E-state index is -0.596. The number of halogens is 1. The molecule has 0 unspecified atom stereocenters. The van der Waals surface area contributed by atoms with Gasteiger partial charge in [-0.1, -0.05) is 17.3 Å². The third kappa shape index (κ3) is 4.78. The van der Waals surface area contributed by atoms with Crippen molar-refractivity contribution in [2.24, 2.45) is 0 Å². The molecular formula is C21H20FN3O4. The van der Waals surface area contributed by atoms with Crippen molar-refractivity contribution in [3.8, 4) is 5.75 Å². The summed E-state index contributed by atoms with van der Waals surface area (Å²) in [5.41, 5.74) is 2.17. The highest BCUT2D eigenvalue weighted by Crippen LogP contribution is 2.24. The molecule has 0 saturated carbocycles. The second-order valence-corrected chi connectivity index (χ2v) is 6.42. The van der Waals surface area contributed by atoms with E-state index in [-0.39, 0.29) is 12.3 Å². The molecule has 150 valence electrons. The van der Waals surface area contributed by atoms with Gasteiger partial charge in [0.15, 0.2) is 0 Å². The van der Waals surface area contributed by atoms with E-state index in [2.05, 4.69) is 15.8 Å². The molecule has 2 aromatic carbocycles. The van der Waals surface area contributed by atoms with Gasteiger partial charge < -0.3 is 19.9 Å². The van der Waals surface area contributed by atoms with Gasteiger partial charge in [-0.3, -0.25) is 9.59 Å². The number of aryl methyl sites for hydroxylation is 2. The molecule has 0 fully saturated rings. The van der Waals surface area contributed by atoms with Crippen molar-refractivity contribution >= 4 is 23.2 Å². The molecule has 0 aliphatic rings. The molecule has 0 spiro atoms. The van der Waals surface area contributed by atoms with Gasteiger partial charge in [0.1, 0.15) is 23.9 Å². The highest BCUT2D eigenvalue weighted by Gasteiger charge is 2.16. The van der Waals surface area contributed by atoms with Gasteiger partial charge in [0.05, 0.1) is 22.5 Å². The van der Waals surface area contributed by atoms with Crippen molar-refractivity contribution < 1.29 is 23.2 Å². The van der Waals surface area contributed by atoms with E-state index >= 15 is 0 Å². The van der Waals surface area contributed by atoms with E-state index in [1.54, 1.807) is 31.2 Å². The van der Waals surface area contributed by atoms with E-state index in [0.29, 0.717) is 22.8 Å². The second-order valence-electron chi connectivity index (χ2n) is 6.42. The number of hydrogen-bond donors (Lipinski definition) is 2. The molecule has 0 saturated heterocycles. The van der Waals surface area contributed by atoms with Gasteiger partial charge in [-0.05, 0) is 44.2 Å². The number of ether oxygens (including phenoxy) is 1. The number of rotatable bonds is 6. The molecule has 0 atom stereocenters. The predicted octanol–water partition coefficient (Wildman–Crippen LogP) is 4.22. The molecule has 0 bridgehead atoms. The molecule has 7 nitrogen and oxygen atoms in total. The van der Waals surface area contributed by atoms with Crippen molar-refractivity contribution in [1.29, 1.82) is 0 Å². The first-order chi connectivity index (χ1) is 13.8. The fourth-order valence-electron chi connectivity index (χ4n) is 2.72. The van der Waals surface area contributed by atoms with Crippen LogP contribution in [0, 0.1) is 19.7 Å². The van der Waals surface area contributed by atoms with E-state index in [1.165, 1.54) is 25.1 Å². The SMILES string of the molecule is CC(=O)Nc1cc(NC(=O)c2ccccc2OCc2c(C)noc2C)ccc1F. The van der Waals surface area contributed by atoms with Crippen LogP contribution in [-0.4, -0.2) is 17.0 Å². The lowest BCUT2D eigenvalue weighted by atomic mass is 10.1. The fourth-order valence-corrected chi connectivity index (χ4v) is 2.72. The first-order valence-corrected chi connectivity index (χ1v) is 8.87. The Bertz CT molecular complexity index is 1040. The van der Waals surface area contributed by atoms with Gasteiger partial charge in [0.25, 0.3) is 5.91 Å². The zero-order valence-electron chi connectivity index (χ0n) is 16.2. The zero-order chi connectivity index (χ0) is 21.0. The van der Waals surface area contributed by atoms with Crippen molar-refractivity contribution in [3.05, 3.63) is 70.9 Å². The van der Waals surface area contributed by atoms with Crippen LogP contribution in [-0.2, 0) is 11.4 Å². The number of para-hydroxylation sites is 1. The van der Waals surface area contributed by atoms with E-state index < -0.39 is 17.6 Å². The number of hydrogen-bond acceptors (Lipinski definition) is 5. The lowest BCUT2D eigenvalue weighted by Crippen LogP contribution is -2.14. The Kier molecular flexibility index (Phi) is 5.92. The van der Waals surface area contributed by atoms with Gasteiger partial charge >= 0.3 is 0 Å². The normalized spacial score (nSPS) is 10.5. The second kappa shape index (κ2) is 8.55. The molecule has 29 heavy (non-hydrogen) atoms. The summed E-state index contributed by atoms with van der Waals surface area (Å²) in [4.78, 5) is 23.9. The maximum atomic E-state index is 13.8. The van der Waals surface area contributed by atoms with E-state index in [4.69, 9.17) is 9.26 Å². The molecule has 0 aliphatic heterocycles. The molecule has 8 heteroatoms. The Balaban J connectivity index is 1.77. The summed E-state index contributed by atoms with van der Waals surface area (Å²) in [6.45, 7) is 5.08. The number of carbonyl (C=O) groups excluding carboxylic acids is 2. The smallest absolute Gasteiger partial charge is 0.259 e. The summed E-state index contributed by atoms with van der Waals surface area (Å²) in [7, 11) is 0. The van der Waals surface area contributed by atoms with Crippen LogP contribution in [0.3, 0.4) is 0 Å². The fraction of sp³-hybridized carbons (Fsp3) is 0.190. The maximum absolute atomic E-state index is 13.8. The maximum Gasteiger partial charge on any atom is 0.259 e. The predicted molar refractivity (Wildman–Crippen MR) is 105 cm³/mol. The molecule has 1 heterocycles. The molecule has 0 aliphatic carbocycles. The summed E-state index contributed by atoms with van der Waals surface area (Å²) in [6.07, 6.45) is 0. The largest absolute Gasteiger partial charge is 0.488 e. The van der Waals surface area contributed by atoms with Gasteiger partial charge in [-0.25, -0.2) is 4.39 Å². The molecule has 3 rings (SSSR count). The molecular weight excluding hydrogens is 377 g/mol.